The van der Waals surface area contributed by atoms with Crippen LogP contribution in [0.2, 0.25) is 5.02 Å². The maximum atomic E-state index is 16.4. The largest absolute Gasteiger partial charge is 0.497 e. The number of anilines is 1. The smallest absolute Gasteiger partial charge is 0.339 e. The molecule has 0 bridgehead atoms. The Morgan fingerprint density at radius 3 is 1.79 bits per heavy atom. The van der Waals surface area contributed by atoms with E-state index in [0.29, 0.717) is 24.4 Å². The molecule has 0 saturated heterocycles. The molecule has 7 nitrogen and oxygen atoms in total. The molecule has 1 atom stereocenters. The fourth-order valence-electron chi connectivity index (χ4n) is 7.76. The van der Waals surface area contributed by atoms with E-state index in [4.69, 9.17) is 21.1 Å². The highest BCUT2D eigenvalue weighted by Crippen LogP contribution is 2.59. The lowest BCUT2D eigenvalue weighted by molar-refractivity contribution is -0.135. The van der Waals surface area contributed by atoms with Crippen molar-refractivity contribution in [3.05, 3.63) is 161 Å². The van der Waals surface area contributed by atoms with Crippen molar-refractivity contribution in [2.24, 2.45) is 0 Å². The van der Waals surface area contributed by atoms with Gasteiger partial charge in [-0.05, 0) is 71.7 Å². The Balaban J connectivity index is 1.76. The number of methoxy groups -OCH3 is 2. The third-order valence-electron chi connectivity index (χ3n) is 10.1. The van der Waals surface area contributed by atoms with Crippen LogP contribution in [0.1, 0.15) is 35.7 Å². The molecule has 0 saturated carbocycles. The quantitative estimate of drug-likeness (QED) is 0.0675. The molecule has 1 heterocycles. The van der Waals surface area contributed by atoms with Crippen LogP contribution in [0.3, 0.4) is 0 Å². The van der Waals surface area contributed by atoms with Gasteiger partial charge < -0.3 is 14.4 Å². The Morgan fingerprint density at radius 1 is 0.755 bits per heavy atom. The summed E-state index contributed by atoms with van der Waals surface area (Å²) in [6.45, 7) is -1.09. The molecule has 0 radical (unpaired) electrons. The molecule has 1 spiro atoms. The van der Waals surface area contributed by atoms with Crippen LogP contribution in [-0.2, 0) is 24.5 Å². The Morgan fingerprint density at radius 2 is 1.30 bits per heavy atom. The summed E-state index contributed by atoms with van der Waals surface area (Å²) < 4.78 is 10.9. The number of Topliss-reactive ketones (excluding diaryl/α,β-unsaturated/α-hetero) is 2. The summed E-state index contributed by atoms with van der Waals surface area (Å²) in [4.78, 5) is 63.5. The van der Waals surface area contributed by atoms with Gasteiger partial charge in [0.2, 0.25) is 5.91 Å². The first-order chi connectivity index (χ1) is 25.8. The van der Waals surface area contributed by atoms with Crippen LogP contribution in [-0.4, -0.2) is 49.5 Å². The van der Waals surface area contributed by atoms with Crippen molar-refractivity contribution in [2.45, 2.75) is 25.2 Å². The van der Waals surface area contributed by atoms with Gasteiger partial charge in [-0.25, -0.2) is 4.79 Å². The molecule has 5 aromatic rings. The number of rotatable bonds is 10. The van der Waals surface area contributed by atoms with Crippen molar-refractivity contribution in [3.8, 4) is 5.75 Å². The molecule has 5 aromatic carbocycles. The standard InChI is InChI=1S/C44H37ClNO6P/c1-4-5-27-46-36-26-23-30(45)28-35(36)44(43(46)50)38(39(47)29-21-24-31(51-2)25-22-29)37(42(49)52-3)40(41(44)48)53(32-15-9-6-10-16-32,33-17-11-7-12-18-33)34-19-13-8-14-20-34/h6-26,28H,4-5,27H2,1-3H3. The molecule has 266 valence electrons. The second-order valence-electron chi connectivity index (χ2n) is 12.9. The van der Waals surface area contributed by atoms with E-state index < -0.39 is 35.7 Å². The van der Waals surface area contributed by atoms with Gasteiger partial charge in [0.05, 0.1) is 19.8 Å². The zero-order valence-electron chi connectivity index (χ0n) is 29.5. The predicted molar refractivity (Wildman–Crippen MR) is 212 cm³/mol. The van der Waals surface area contributed by atoms with Gasteiger partial charge in [-0.1, -0.05) is 116 Å². The molecule has 0 aromatic heterocycles. The summed E-state index contributed by atoms with van der Waals surface area (Å²) in [5.74, 6) is -2.28. The number of benzene rings is 5. The number of halogens is 1. The van der Waals surface area contributed by atoms with E-state index in [-0.39, 0.29) is 32.6 Å². The zero-order valence-corrected chi connectivity index (χ0v) is 31.2. The van der Waals surface area contributed by atoms with Crippen molar-refractivity contribution in [1.29, 1.82) is 0 Å². The summed E-state index contributed by atoms with van der Waals surface area (Å²) in [6, 6.07) is 40.0. The second-order valence-corrected chi connectivity index (χ2v) is 16.7. The van der Waals surface area contributed by atoms with E-state index >= 15 is 14.4 Å². The predicted octanol–water partition coefficient (Wildman–Crippen LogP) is 6.83. The van der Waals surface area contributed by atoms with Crippen molar-refractivity contribution in [3.63, 3.8) is 0 Å². The minimum Gasteiger partial charge on any atom is -0.497 e. The van der Waals surface area contributed by atoms with Crippen molar-refractivity contribution in [1.82, 2.24) is 0 Å². The summed E-state index contributed by atoms with van der Waals surface area (Å²) in [7, 11) is 2.74. The average Bonchev–Trinajstić information content (AvgIpc) is 3.62. The van der Waals surface area contributed by atoms with Gasteiger partial charge in [-0.2, -0.15) is 0 Å². The summed E-state index contributed by atoms with van der Waals surface area (Å²) in [5.41, 5.74) is -1.80. The van der Waals surface area contributed by atoms with Gasteiger partial charge in [0, 0.05) is 39.2 Å². The number of carbonyl (C=O) groups excluding carboxylic acids is 4. The van der Waals surface area contributed by atoms with Crippen LogP contribution in [0, 0.1) is 0 Å². The van der Waals surface area contributed by atoms with Gasteiger partial charge in [0.1, 0.15) is 5.75 Å². The van der Waals surface area contributed by atoms with Gasteiger partial charge in [0.15, 0.2) is 17.0 Å². The number of carbonyl (C=O) groups is 4. The number of ether oxygens (including phenoxy) is 2. The number of unbranched alkanes of at least 4 members (excludes halogenated alkanes) is 1. The molecule has 1 unspecified atom stereocenters. The Bertz CT molecular complexity index is 2240. The topological polar surface area (TPSA) is 90.0 Å². The van der Waals surface area contributed by atoms with Crippen molar-refractivity contribution < 1.29 is 28.7 Å². The van der Waals surface area contributed by atoms with Crippen LogP contribution in [0.5, 0.6) is 5.75 Å². The number of nitrogens with zero attached hydrogens (tertiary/aromatic N) is 1. The highest BCUT2D eigenvalue weighted by Gasteiger charge is 2.67. The molecule has 1 aliphatic heterocycles. The maximum absolute atomic E-state index is 16.4. The van der Waals surface area contributed by atoms with Gasteiger partial charge in [0.25, 0.3) is 0 Å². The number of ketones is 2. The highest BCUT2D eigenvalue weighted by molar-refractivity contribution is 7.97. The SMILES string of the molecule is CCCCN1C(=O)C2(C(=O)C(=P(c3ccccc3)(c3ccccc3)c3ccccc3)C(C(=O)OC)=C2C(=O)c2ccc(OC)cc2)c2cc(Cl)ccc21. The van der Waals surface area contributed by atoms with E-state index in [2.05, 4.69) is 0 Å². The molecular weight excluding hydrogens is 705 g/mol. The lowest BCUT2D eigenvalue weighted by atomic mass is 9.72. The molecular formula is C44H37ClNO6P. The number of esters is 1. The molecule has 9 heteroatoms. The fraction of sp³-hybridized carbons (Fsp3) is 0.159. The van der Waals surface area contributed by atoms with Crippen molar-refractivity contribution >= 4 is 68.8 Å². The molecule has 1 amide bonds. The van der Waals surface area contributed by atoms with Crippen LogP contribution in [0.15, 0.2) is 145 Å². The van der Waals surface area contributed by atoms with E-state index in [1.165, 1.54) is 14.2 Å². The summed E-state index contributed by atoms with van der Waals surface area (Å²) in [6.07, 6.45) is 1.41. The summed E-state index contributed by atoms with van der Waals surface area (Å²) in [5, 5.41) is 2.63. The van der Waals surface area contributed by atoms with E-state index in [1.54, 1.807) is 47.4 Å². The highest BCUT2D eigenvalue weighted by atomic mass is 35.5. The Hall–Kier alpha value is -5.49. The van der Waals surface area contributed by atoms with Gasteiger partial charge in [-0.3, -0.25) is 14.4 Å². The third-order valence-corrected chi connectivity index (χ3v) is 14.7. The van der Waals surface area contributed by atoms with E-state index in [1.807, 2.05) is 97.9 Å². The van der Waals surface area contributed by atoms with Gasteiger partial charge in [-0.15, -0.1) is 0 Å². The minimum atomic E-state index is -3.40. The van der Waals surface area contributed by atoms with E-state index in [0.717, 1.165) is 22.3 Å². The molecule has 53 heavy (non-hydrogen) atoms. The fourth-order valence-corrected chi connectivity index (χ4v) is 12.5. The summed E-state index contributed by atoms with van der Waals surface area (Å²) >= 11 is 6.70. The normalized spacial score (nSPS) is 16.7. The average molecular weight is 742 g/mol. The number of hydrogen-bond donors (Lipinski definition) is 0. The first kappa shape index (κ1) is 35.9. The van der Waals surface area contributed by atoms with Crippen LogP contribution in [0.25, 0.3) is 0 Å². The molecule has 7 rings (SSSR count). The van der Waals surface area contributed by atoms with E-state index in [9.17, 15) is 4.79 Å². The second kappa shape index (κ2) is 14.5. The van der Waals surface area contributed by atoms with Gasteiger partial charge >= 0.3 is 5.97 Å². The van der Waals surface area contributed by atoms with Crippen LogP contribution >= 0.6 is 18.5 Å². The zero-order chi connectivity index (χ0) is 37.3. The Kier molecular flexibility index (Phi) is 9.82. The maximum Gasteiger partial charge on any atom is 0.339 e. The number of amides is 1. The molecule has 0 N–H and O–H groups in total. The van der Waals surface area contributed by atoms with Crippen LogP contribution in [0.4, 0.5) is 5.69 Å². The lowest BCUT2D eigenvalue weighted by Gasteiger charge is -2.32. The first-order valence-electron chi connectivity index (χ1n) is 17.4. The monoisotopic (exact) mass is 741 g/mol. The van der Waals surface area contributed by atoms with Crippen molar-refractivity contribution in [2.75, 3.05) is 25.7 Å². The minimum absolute atomic E-state index is 0.0708. The number of hydrogen-bond acceptors (Lipinski definition) is 6. The molecule has 2 aliphatic rings. The first-order valence-corrected chi connectivity index (χ1v) is 19.6. The molecule has 0 fully saturated rings. The third kappa shape index (κ3) is 5.49. The van der Waals surface area contributed by atoms with Crippen LogP contribution < -0.4 is 25.6 Å². The number of fused-ring (bicyclic) bond motifs is 2. The molecule has 1 aliphatic carbocycles. The lowest BCUT2D eigenvalue weighted by Crippen LogP contribution is -2.49. The Labute approximate surface area is 313 Å².